The van der Waals surface area contributed by atoms with Gasteiger partial charge in [-0.05, 0) is 100 Å². The molecule has 0 bridgehead atoms. The molecule has 1 aliphatic carbocycles. The number of aryl methyl sites for hydroxylation is 1. The van der Waals surface area contributed by atoms with Crippen molar-refractivity contribution in [3.8, 4) is 22.8 Å². The third-order valence-corrected chi connectivity index (χ3v) is 9.77. The zero-order valence-electron chi connectivity index (χ0n) is 27.8. The first-order valence-electron chi connectivity index (χ1n) is 15.8. The standard InChI is InChI=1S/C35H43N5O6S/c1-7-22-18-23(28-17-16-27(37-32(28)45-6)21-47(42,43)30-11-9-8-10-29(30)44-5)19-24-20-36-33(40-31(22)24)38-25-12-14-26(15-13-25)39-34(41)46-35(2,3)4/h8-11,16-20,25-26H,7,12-15,21H2,1-6H3,(H,39,41)(H,36,38,40). The number of hydrogen-bond acceptors (Lipinski definition) is 10. The molecule has 12 heteroatoms. The minimum Gasteiger partial charge on any atom is -0.495 e. The first kappa shape index (κ1) is 33.9. The zero-order valence-corrected chi connectivity index (χ0v) is 28.6. The van der Waals surface area contributed by atoms with Gasteiger partial charge in [-0.25, -0.2) is 28.2 Å². The molecule has 0 radical (unpaired) electrons. The molecule has 0 atom stereocenters. The molecule has 4 aromatic rings. The molecule has 2 N–H and O–H groups in total. The zero-order chi connectivity index (χ0) is 33.8. The van der Waals surface area contributed by atoms with Crippen LogP contribution in [-0.2, 0) is 26.7 Å². The average molecular weight is 662 g/mol. The molecule has 5 rings (SSSR count). The highest BCUT2D eigenvalue weighted by atomic mass is 32.2. The third-order valence-electron chi connectivity index (χ3n) is 8.09. The van der Waals surface area contributed by atoms with Crippen molar-refractivity contribution in [3.05, 3.63) is 66.0 Å². The van der Waals surface area contributed by atoms with Gasteiger partial charge in [-0.15, -0.1) is 0 Å². The summed E-state index contributed by atoms with van der Waals surface area (Å²) >= 11 is 0. The lowest BCUT2D eigenvalue weighted by molar-refractivity contribution is 0.0492. The van der Waals surface area contributed by atoms with Crippen molar-refractivity contribution in [1.82, 2.24) is 20.3 Å². The summed E-state index contributed by atoms with van der Waals surface area (Å²) in [7, 11) is -0.746. The van der Waals surface area contributed by atoms with Gasteiger partial charge in [0, 0.05) is 29.2 Å². The Labute approximate surface area is 276 Å². The molecule has 2 heterocycles. The molecule has 2 aromatic heterocycles. The lowest BCUT2D eigenvalue weighted by atomic mass is 9.91. The Morgan fingerprint density at radius 1 is 0.957 bits per heavy atom. The Bertz CT molecular complexity index is 1850. The fourth-order valence-electron chi connectivity index (χ4n) is 5.84. The van der Waals surface area contributed by atoms with Crippen LogP contribution >= 0.6 is 0 Å². The molecule has 0 aliphatic heterocycles. The highest BCUT2D eigenvalue weighted by Crippen LogP contribution is 2.34. The van der Waals surface area contributed by atoms with Crippen molar-refractivity contribution in [2.45, 2.75) is 88.1 Å². The number of alkyl carbamates (subject to hydrolysis) is 1. The summed E-state index contributed by atoms with van der Waals surface area (Å²) < 4.78 is 42.7. The van der Waals surface area contributed by atoms with Crippen LogP contribution in [0.4, 0.5) is 10.7 Å². The Morgan fingerprint density at radius 3 is 2.36 bits per heavy atom. The summed E-state index contributed by atoms with van der Waals surface area (Å²) in [6.07, 6.45) is 5.63. The predicted octanol–water partition coefficient (Wildman–Crippen LogP) is 6.49. The average Bonchev–Trinajstić information content (AvgIpc) is 3.04. The van der Waals surface area contributed by atoms with Gasteiger partial charge < -0.3 is 24.8 Å². The summed E-state index contributed by atoms with van der Waals surface area (Å²) in [5, 5.41) is 7.35. The highest BCUT2D eigenvalue weighted by molar-refractivity contribution is 7.90. The fraction of sp³-hybridized carbons (Fsp3) is 0.429. The molecule has 0 unspecified atom stereocenters. The highest BCUT2D eigenvalue weighted by Gasteiger charge is 2.26. The second kappa shape index (κ2) is 14.1. The molecule has 1 saturated carbocycles. The van der Waals surface area contributed by atoms with E-state index in [9.17, 15) is 13.2 Å². The number of sulfone groups is 1. The number of pyridine rings is 1. The SMILES string of the molecule is CCc1cc(-c2ccc(CS(=O)(=O)c3ccccc3OC)nc2OC)cc2cnc(NC3CCC(NC(=O)OC(C)(C)C)CC3)nc12. The Balaban J connectivity index is 1.31. The van der Waals surface area contributed by atoms with Crippen LogP contribution < -0.4 is 20.1 Å². The van der Waals surface area contributed by atoms with E-state index in [1.165, 1.54) is 20.3 Å². The van der Waals surface area contributed by atoms with Crippen LogP contribution in [0, 0.1) is 0 Å². The van der Waals surface area contributed by atoms with E-state index in [0.29, 0.717) is 23.3 Å². The van der Waals surface area contributed by atoms with Gasteiger partial charge >= 0.3 is 6.09 Å². The van der Waals surface area contributed by atoms with Crippen molar-refractivity contribution < 1.29 is 27.4 Å². The van der Waals surface area contributed by atoms with Gasteiger partial charge in [0.2, 0.25) is 11.8 Å². The van der Waals surface area contributed by atoms with Crippen LogP contribution in [0.1, 0.15) is 64.6 Å². The van der Waals surface area contributed by atoms with Gasteiger partial charge in [-0.1, -0.05) is 19.1 Å². The van der Waals surface area contributed by atoms with E-state index < -0.39 is 15.4 Å². The summed E-state index contributed by atoms with van der Waals surface area (Å²) in [6.45, 7) is 7.65. The lowest BCUT2D eigenvalue weighted by Crippen LogP contribution is -2.42. The molecule has 47 heavy (non-hydrogen) atoms. The van der Waals surface area contributed by atoms with Gasteiger partial charge in [0.1, 0.15) is 16.2 Å². The minimum atomic E-state index is -3.71. The molecule has 0 spiro atoms. The summed E-state index contributed by atoms with van der Waals surface area (Å²) in [6, 6.07) is 14.4. The lowest BCUT2D eigenvalue weighted by Gasteiger charge is -2.30. The first-order chi connectivity index (χ1) is 22.4. The van der Waals surface area contributed by atoms with E-state index in [1.54, 1.807) is 24.3 Å². The number of para-hydroxylation sites is 1. The molecule has 250 valence electrons. The minimum absolute atomic E-state index is 0.0860. The van der Waals surface area contributed by atoms with E-state index in [-0.39, 0.29) is 28.8 Å². The van der Waals surface area contributed by atoms with Crippen LogP contribution in [0.2, 0.25) is 0 Å². The quantitative estimate of drug-likeness (QED) is 0.194. The summed E-state index contributed by atoms with van der Waals surface area (Å²) in [5.74, 6) is 0.895. The number of fused-ring (bicyclic) bond motifs is 1. The maximum atomic E-state index is 13.2. The van der Waals surface area contributed by atoms with Gasteiger partial charge in [-0.3, -0.25) is 0 Å². The van der Waals surface area contributed by atoms with Crippen LogP contribution in [0.25, 0.3) is 22.0 Å². The number of aromatic nitrogens is 3. The number of benzene rings is 2. The molecule has 1 fully saturated rings. The maximum Gasteiger partial charge on any atom is 0.407 e. The van der Waals surface area contributed by atoms with E-state index in [0.717, 1.165) is 59.7 Å². The number of amides is 1. The van der Waals surface area contributed by atoms with E-state index in [4.69, 9.17) is 19.2 Å². The second-order valence-corrected chi connectivity index (χ2v) is 14.7. The van der Waals surface area contributed by atoms with Crippen LogP contribution in [0.15, 0.2) is 59.6 Å². The largest absolute Gasteiger partial charge is 0.495 e. The molecule has 1 aliphatic rings. The first-order valence-corrected chi connectivity index (χ1v) is 17.5. The van der Waals surface area contributed by atoms with Crippen molar-refractivity contribution in [2.75, 3.05) is 19.5 Å². The normalized spacial score (nSPS) is 16.8. The molecule has 2 aromatic carbocycles. The van der Waals surface area contributed by atoms with Crippen molar-refractivity contribution >= 4 is 32.8 Å². The Morgan fingerprint density at radius 2 is 1.68 bits per heavy atom. The second-order valence-electron chi connectivity index (χ2n) is 12.7. The topological polar surface area (TPSA) is 142 Å². The third kappa shape index (κ3) is 8.29. The summed E-state index contributed by atoms with van der Waals surface area (Å²) in [4.78, 5) is 26.4. The molecular weight excluding hydrogens is 618 g/mol. The van der Waals surface area contributed by atoms with Gasteiger partial charge in [0.05, 0.1) is 31.2 Å². The van der Waals surface area contributed by atoms with Gasteiger partial charge in [0.25, 0.3) is 0 Å². The number of anilines is 1. The van der Waals surface area contributed by atoms with Gasteiger partial charge in [-0.2, -0.15) is 0 Å². The molecule has 11 nitrogen and oxygen atoms in total. The van der Waals surface area contributed by atoms with Crippen molar-refractivity contribution in [1.29, 1.82) is 0 Å². The molecule has 0 saturated heterocycles. The Hall–Kier alpha value is -4.45. The number of nitrogens with zero attached hydrogens (tertiary/aromatic N) is 3. The summed E-state index contributed by atoms with van der Waals surface area (Å²) in [5.41, 5.74) is 3.35. The van der Waals surface area contributed by atoms with E-state index in [1.807, 2.05) is 39.1 Å². The monoisotopic (exact) mass is 661 g/mol. The number of carbonyl (C=O) groups is 1. The van der Waals surface area contributed by atoms with Gasteiger partial charge in [0.15, 0.2) is 9.84 Å². The molecule has 1 amide bonds. The number of carbonyl (C=O) groups excluding carboxylic acids is 1. The van der Waals surface area contributed by atoms with Crippen molar-refractivity contribution in [2.24, 2.45) is 0 Å². The number of nitrogens with one attached hydrogen (secondary N) is 2. The van der Waals surface area contributed by atoms with Crippen LogP contribution in [-0.4, -0.2) is 61.4 Å². The van der Waals surface area contributed by atoms with E-state index in [2.05, 4.69) is 33.6 Å². The number of hydrogen-bond donors (Lipinski definition) is 2. The fourth-order valence-corrected chi connectivity index (χ4v) is 7.28. The van der Waals surface area contributed by atoms with Crippen LogP contribution in [0.5, 0.6) is 11.6 Å². The van der Waals surface area contributed by atoms with Crippen LogP contribution in [0.3, 0.4) is 0 Å². The van der Waals surface area contributed by atoms with E-state index >= 15 is 0 Å². The van der Waals surface area contributed by atoms with Crippen molar-refractivity contribution in [3.63, 3.8) is 0 Å². The maximum absolute atomic E-state index is 13.2. The predicted molar refractivity (Wildman–Crippen MR) is 182 cm³/mol. The smallest absolute Gasteiger partial charge is 0.407 e. The number of methoxy groups -OCH3 is 2. The number of rotatable bonds is 10. The molecular formula is C35H43N5O6S. The number of ether oxygens (including phenoxy) is 3. The Kier molecular flexibility index (Phi) is 10.2.